The van der Waals surface area contributed by atoms with Crippen molar-refractivity contribution in [1.82, 2.24) is 0 Å². The molecule has 1 heterocycles. The third-order valence-corrected chi connectivity index (χ3v) is 3.22. The normalized spacial score (nSPS) is 10.7. The summed E-state index contributed by atoms with van der Waals surface area (Å²) in [5.41, 5.74) is 1.32. The predicted octanol–water partition coefficient (Wildman–Crippen LogP) is 3.88. The molecule has 0 bridgehead atoms. The number of carboxylic acid groups (broad SMARTS) is 1. The van der Waals surface area contributed by atoms with Crippen molar-refractivity contribution < 1.29 is 18.7 Å². The lowest BCUT2D eigenvalue weighted by Gasteiger charge is -2.07. The first-order valence-corrected chi connectivity index (χ1v) is 6.39. The number of halogens is 1. The van der Waals surface area contributed by atoms with Gasteiger partial charge in [-0.25, -0.2) is 9.18 Å². The first-order chi connectivity index (χ1) is 10.2. The van der Waals surface area contributed by atoms with Crippen LogP contribution in [0.3, 0.4) is 0 Å². The number of benzene rings is 2. The van der Waals surface area contributed by atoms with Crippen LogP contribution in [0.4, 0.5) is 10.1 Å². The van der Waals surface area contributed by atoms with Crippen LogP contribution in [0.25, 0.3) is 11.0 Å². The standard InChI is InChI=1S/C16H12FNO3/c17-12-6-2-3-7-13(12)18-9-11-10-5-1-4-8-14(10)21-15(11)16(19)20/h1-8,18H,9H2,(H,19,20). The highest BCUT2D eigenvalue weighted by Crippen LogP contribution is 2.27. The molecule has 0 unspecified atom stereocenters. The summed E-state index contributed by atoms with van der Waals surface area (Å²) >= 11 is 0. The molecule has 0 atom stereocenters. The van der Waals surface area contributed by atoms with E-state index in [1.54, 1.807) is 42.5 Å². The Hall–Kier alpha value is -2.82. The zero-order chi connectivity index (χ0) is 14.8. The van der Waals surface area contributed by atoms with Gasteiger partial charge in [0.15, 0.2) is 0 Å². The number of fused-ring (bicyclic) bond motifs is 1. The van der Waals surface area contributed by atoms with Crippen molar-refractivity contribution in [1.29, 1.82) is 0 Å². The van der Waals surface area contributed by atoms with Gasteiger partial charge in [0.2, 0.25) is 5.76 Å². The number of para-hydroxylation sites is 2. The summed E-state index contributed by atoms with van der Waals surface area (Å²) in [6.07, 6.45) is 0. The van der Waals surface area contributed by atoms with Crippen LogP contribution >= 0.6 is 0 Å². The minimum Gasteiger partial charge on any atom is -0.475 e. The maximum absolute atomic E-state index is 13.6. The van der Waals surface area contributed by atoms with Crippen molar-refractivity contribution in [3.63, 3.8) is 0 Å². The van der Waals surface area contributed by atoms with Crippen molar-refractivity contribution in [2.75, 3.05) is 5.32 Å². The first kappa shape index (κ1) is 13.2. The molecule has 106 valence electrons. The molecule has 0 saturated carbocycles. The average molecular weight is 285 g/mol. The van der Waals surface area contributed by atoms with Gasteiger partial charge in [-0.3, -0.25) is 0 Å². The molecule has 0 aliphatic heterocycles. The van der Waals surface area contributed by atoms with E-state index in [4.69, 9.17) is 4.42 Å². The summed E-state index contributed by atoms with van der Waals surface area (Å²) in [7, 11) is 0. The smallest absolute Gasteiger partial charge is 0.372 e. The second-order valence-corrected chi connectivity index (χ2v) is 4.54. The SMILES string of the molecule is O=C(O)c1oc2ccccc2c1CNc1ccccc1F. The monoisotopic (exact) mass is 285 g/mol. The molecular formula is C16H12FNO3. The maximum Gasteiger partial charge on any atom is 0.372 e. The second kappa shape index (κ2) is 5.28. The lowest BCUT2D eigenvalue weighted by molar-refractivity contribution is 0.0663. The van der Waals surface area contributed by atoms with E-state index in [2.05, 4.69) is 5.32 Å². The summed E-state index contributed by atoms with van der Waals surface area (Å²) in [4.78, 5) is 11.3. The van der Waals surface area contributed by atoms with Crippen molar-refractivity contribution in [2.24, 2.45) is 0 Å². The third-order valence-electron chi connectivity index (χ3n) is 3.22. The van der Waals surface area contributed by atoms with E-state index in [9.17, 15) is 14.3 Å². The molecule has 2 N–H and O–H groups in total. The van der Waals surface area contributed by atoms with Gasteiger partial charge in [-0.05, 0) is 18.2 Å². The predicted molar refractivity (Wildman–Crippen MR) is 76.9 cm³/mol. The molecule has 0 spiro atoms. The third kappa shape index (κ3) is 2.45. The summed E-state index contributed by atoms with van der Waals surface area (Å²) in [5, 5.41) is 12.8. The summed E-state index contributed by atoms with van der Waals surface area (Å²) in [5.74, 6) is -1.65. The van der Waals surface area contributed by atoms with Crippen LogP contribution in [0, 0.1) is 5.82 Å². The van der Waals surface area contributed by atoms with Crippen molar-refractivity contribution in [2.45, 2.75) is 6.54 Å². The Bertz CT molecular complexity index is 810. The van der Waals surface area contributed by atoms with Gasteiger partial charge in [0.25, 0.3) is 0 Å². The number of hydrogen-bond acceptors (Lipinski definition) is 3. The summed E-state index contributed by atoms with van der Waals surface area (Å²) < 4.78 is 18.9. The highest BCUT2D eigenvalue weighted by Gasteiger charge is 2.19. The fourth-order valence-corrected chi connectivity index (χ4v) is 2.24. The molecule has 0 fully saturated rings. The number of carbonyl (C=O) groups is 1. The molecule has 3 rings (SSSR count). The van der Waals surface area contributed by atoms with E-state index in [0.29, 0.717) is 22.2 Å². The topological polar surface area (TPSA) is 62.5 Å². The molecule has 3 aromatic rings. The van der Waals surface area contributed by atoms with Crippen LogP contribution in [0.2, 0.25) is 0 Å². The van der Waals surface area contributed by atoms with Crippen LogP contribution < -0.4 is 5.32 Å². The summed E-state index contributed by atoms with van der Waals surface area (Å²) in [6, 6.07) is 13.3. The number of rotatable bonds is 4. The number of nitrogens with one attached hydrogen (secondary N) is 1. The molecule has 21 heavy (non-hydrogen) atoms. The molecular weight excluding hydrogens is 273 g/mol. The van der Waals surface area contributed by atoms with E-state index in [0.717, 1.165) is 0 Å². The maximum atomic E-state index is 13.6. The molecule has 0 aliphatic rings. The fraction of sp³-hybridized carbons (Fsp3) is 0.0625. The van der Waals surface area contributed by atoms with E-state index < -0.39 is 5.97 Å². The van der Waals surface area contributed by atoms with Crippen LogP contribution in [-0.4, -0.2) is 11.1 Å². The van der Waals surface area contributed by atoms with E-state index >= 15 is 0 Å². The largest absolute Gasteiger partial charge is 0.475 e. The van der Waals surface area contributed by atoms with Gasteiger partial charge in [0, 0.05) is 17.5 Å². The van der Waals surface area contributed by atoms with Gasteiger partial charge in [-0.2, -0.15) is 0 Å². The van der Waals surface area contributed by atoms with Gasteiger partial charge in [-0.15, -0.1) is 0 Å². The van der Waals surface area contributed by atoms with Crippen LogP contribution in [0.5, 0.6) is 0 Å². The molecule has 0 radical (unpaired) electrons. The van der Waals surface area contributed by atoms with Crippen molar-refractivity contribution in [3.8, 4) is 0 Å². The van der Waals surface area contributed by atoms with E-state index in [1.807, 2.05) is 0 Å². The van der Waals surface area contributed by atoms with Crippen LogP contribution in [-0.2, 0) is 6.54 Å². The lowest BCUT2D eigenvalue weighted by atomic mass is 10.1. The zero-order valence-corrected chi connectivity index (χ0v) is 11.0. The Morgan fingerprint density at radius 3 is 2.62 bits per heavy atom. The molecule has 4 nitrogen and oxygen atoms in total. The van der Waals surface area contributed by atoms with Gasteiger partial charge in [0.05, 0.1) is 5.69 Å². The van der Waals surface area contributed by atoms with Crippen LogP contribution in [0.1, 0.15) is 16.1 Å². The Morgan fingerprint density at radius 2 is 1.86 bits per heavy atom. The Labute approximate surface area is 119 Å². The highest BCUT2D eigenvalue weighted by atomic mass is 19.1. The highest BCUT2D eigenvalue weighted by molar-refractivity contribution is 5.95. The number of furan rings is 1. The molecule has 2 aromatic carbocycles. The number of anilines is 1. The zero-order valence-electron chi connectivity index (χ0n) is 11.0. The van der Waals surface area contributed by atoms with Crippen LogP contribution in [0.15, 0.2) is 52.9 Å². The van der Waals surface area contributed by atoms with Crippen molar-refractivity contribution in [3.05, 3.63) is 65.7 Å². The molecule has 0 amide bonds. The number of carboxylic acids is 1. The molecule has 1 aromatic heterocycles. The Balaban J connectivity index is 1.98. The van der Waals surface area contributed by atoms with Gasteiger partial charge >= 0.3 is 5.97 Å². The van der Waals surface area contributed by atoms with E-state index in [1.165, 1.54) is 6.07 Å². The van der Waals surface area contributed by atoms with Crippen molar-refractivity contribution >= 4 is 22.6 Å². The minimum atomic E-state index is -1.14. The minimum absolute atomic E-state index is 0.125. The molecule has 0 aliphatic carbocycles. The molecule has 5 heteroatoms. The number of hydrogen-bond donors (Lipinski definition) is 2. The van der Waals surface area contributed by atoms with E-state index in [-0.39, 0.29) is 18.1 Å². The average Bonchev–Trinajstić information content (AvgIpc) is 2.85. The molecule has 0 saturated heterocycles. The quantitative estimate of drug-likeness (QED) is 0.763. The van der Waals surface area contributed by atoms with Gasteiger partial charge in [0.1, 0.15) is 11.4 Å². The Morgan fingerprint density at radius 1 is 1.14 bits per heavy atom. The van der Waals surface area contributed by atoms with Gasteiger partial charge < -0.3 is 14.8 Å². The second-order valence-electron chi connectivity index (χ2n) is 4.54. The number of aromatic carboxylic acids is 1. The van der Waals surface area contributed by atoms with Gasteiger partial charge in [-0.1, -0.05) is 30.3 Å². The first-order valence-electron chi connectivity index (χ1n) is 6.39. The summed E-state index contributed by atoms with van der Waals surface area (Å²) in [6.45, 7) is 0.166. The lowest BCUT2D eigenvalue weighted by Crippen LogP contribution is -2.06. The Kier molecular flexibility index (Phi) is 3.31. The fourth-order valence-electron chi connectivity index (χ4n) is 2.24.